The largest absolute Gasteiger partial charge is 0.343 e. The third-order valence-electron chi connectivity index (χ3n) is 2.96. The molecule has 0 bridgehead atoms. The van der Waals surface area contributed by atoms with Gasteiger partial charge in [0.1, 0.15) is 12.1 Å². The number of hydrogen-bond donors (Lipinski definition) is 1. The van der Waals surface area contributed by atoms with Crippen molar-refractivity contribution in [1.82, 2.24) is 20.0 Å². The van der Waals surface area contributed by atoms with Crippen LogP contribution in [0.1, 0.15) is 19.5 Å². The number of aryl methyl sites for hydroxylation is 1. The Hall–Kier alpha value is -1.85. The fraction of sp³-hybridized carbons (Fsp3) is 0.545. The minimum absolute atomic E-state index is 0.0669. The summed E-state index contributed by atoms with van der Waals surface area (Å²) in [5.41, 5.74) is 0.787. The molecule has 1 saturated heterocycles. The molecule has 2 atom stereocenters. The Kier molecular flexibility index (Phi) is 2.87. The van der Waals surface area contributed by atoms with Gasteiger partial charge in [0.15, 0.2) is 0 Å². The van der Waals surface area contributed by atoms with Crippen molar-refractivity contribution in [3.63, 3.8) is 0 Å². The highest BCUT2D eigenvalue weighted by atomic mass is 16.2. The van der Waals surface area contributed by atoms with Gasteiger partial charge in [-0.05, 0) is 19.9 Å². The average Bonchev–Trinajstić information content (AvgIpc) is 2.68. The number of hydrogen-bond acceptors (Lipinski definition) is 3. The lowest BCUT2D eigenvalue weighted by atomic mass is 10.1. The molecule has 2 unspecified atom stereocenters. The van der Waals surface area contributed by atoms with E-state index in [2.05, 4.69) is 10.4 Å². The lowest BCUT2D eigenvalue weighted by Crippen LogP contribution is -2.60. The molecule has 1 fully saturated rings. The Labute approximate surface area is 99.6 Å². The summed E-state index contributed by atoms with van der Waals surface area (Å²) in [5, 5.41) is 6.86. The van der Waals surface area contributed by atoms with Crippen molar-refractivity contribution in [1.29, 1.82) is 0 Å². The van der Waals surface area contributed by atoms with Gasteiger partial charge in [-0.1, -0.05) is 0 Å². The average molecular weight is 236 g/mol. The van der Waals surface area contributed by atoms with Crippen LogP contribution in [0.3, 0.4) is 0 Å². The normalized spacial score (nSPS) is 25.0. The topological polar surface area (TPSA) is 67.2 Å². The molecular formula is C11H16N4O2. The molecule has 1 aromatic rings. The Bertz CT molecular complexity index is 454. The lowest BCUT2D eigenvalue weighted by Gasteiger charge is -2.35. The molecule has 92 valence electrons. The molecular weight excluding hydrogens is 220 g/mol. The van der Waals surface area contributed by atoms with Crippen LogP contribution in [-0.4, -0.2) is 38.6 Å². The van der Waals surface area contributed by atoms with Crippen LogP contribution in [0.5, 0.6) is 0 Å². The van der Waals surface area contributed by atoms with Gasteiger partial charge in [-0.2, -0.15) is 5.10 Å². The van der Waals surface area contributed by atoms with Gasteiger partial charge in [0.2, 0.25) is 11.8 Å². The maximum Gasteiger partial charge on any atom is 0.245 e. The SMILES string of the molecule is CC1NC(=O)C(C)N(Cc2ccn(C)n2)C1=O. The third-order valence-corrected chi connectivity index (χ3v) is 2.96. The summed E-state index contributed by atoms with van der Waals surface area (Å²) in [6, 6.07) is 0.945. The van der Waals surface area contributed by atoms with Crippen molar-refractivity contribution in [2.24, 2.45) is 7.05 Å². The van der Waals surface area contributed by atoms with Crippen molar-refractivity contribution < 1.29 is 9.59 Å². The Balaban J connectivity index is 2.17. The maximum absolute atomic E-state index is 12.0. The highest BCUT2D eigenvalue weighted by molar-refractivity contribution is 5.96. The van der Waals surface area contributed by atoms with Gasteiger partial charge < -0.3 is 10.2 Å². The summed E-state index contributed by atoms with van der Waals surface area (Å²) < 4.78 is 1.68. The van der Waals surface area contributed by atoms with Gasteiger partial charge >= 0.3 is 0 Å². The fourth-order valence-electron chi connectivity index (χ4n) is 1.91. The van der Waals surface area contributed by atoms with Crippen LogP contribution in [0.4, 0.5) is 0 Å². The van der Waals surface area contributed by atoms with E-state index in [4.69, 9.17) is 0 Å². The first-order valence-corrected chi connectivity index (χ1v) is 5.58. The van der Waals surface area contributed by atoms with E-state index in [0.29, 0.717) is 6.54 Å². The van der Waals surface area contributed by atoms with E-state index in [-0.39, 0.29) is 11.8 Å². The standard InChI is InChI=1S/C11H16N4O2/c1-7-11(17)15(8(2)10(16)12-7)6-9-4-5-14(3)13-9/h4-5,7-8H,6H2,1-3H3,(H,12,16). The van der Waals surface area contributed by atoms with Crippen LogP contribution < -0.4 is 5.32 Å². The molecule has 0 aliphatic carbocycles. The summed E-state index contributed by atoms with van der Waals surface area (Å²) in [5.74, 6) is -0.184. The van der Waals surface area contributed by atoms with Gasteiger partial charge in [0, 0.05) is 13.2 Å². The number of aromatic nitrogens is 2. The van der Waals surface area contributed by atoms with E-state index in [1.54, 1.807) is 23.4 Å². The zero-order valence-corrected chi connectivity index (χ0v) is 10.2. The first-order chi connectivity index (χ1) is 7.99. The van der Waals surface area contributed by atoms with Gasteiger partial charge in [-0.25, -0.2) is 0 Å². The smallest absolute Gasteiger partial charge is 0.245 e. The Morgan fingerprint density at radius 3 is 2.71 bits per heavy atom. The molecule has 0 radical (unpaired) electrons. The number of carbonyl (C=O) groups is 2. The highest BCUT2D eigenvalue weighted by Gasteiger charge is 2.35. The molecule has 6 nitrogen and oxygen atoms in total. The molecule has 2 amide bonds. The van der Waals surface area contributed by atoms with Crippen LogP contribution in [0.25, 0.3) is 0 Å². The van der Waals surface area contributed by atoms with Gasteiger partial charge in [-0.3, -0.25) is 14.3 Å². The van der Waals surface area contributed by atoms with Gasteiger partial charge in [0.25, 0.3) is 0 Å². The molecule has 0 spiro atoms. The number of nitrogens with zero attached hydrogens (tertiary/aromatic N) is 3. The minimum Gasteiger partial charge on any atom is -0.343 e. The molecule has 1 aliphatic heterocycles. The first-order valence-electron chi connectivity index (χ1n) is 5.58. The molecule has 1 aromatic heterocycles. The molecule has 1 aliphatic rings. The van der Waals surface area contributed by atoms with E-state index < -0.39 is 12.1 Å². The summed E-state index contributed by atoms with van der Waals surface area (Å²) in [7, 11) is 1.82. The molecule has 1 N–H and O–H groups in total. The number of amides is 2. The Morgan fingerprint density at radius 2 is 2.12 bits per heavy atom. The molecule has 0 aromatic carbocycles. The van der Waals surface area contributed by atoms with Crippen LogP contribution in [0.2, 0.25) is 0 Å². The molecule has 2 heterocycles. The predicted molar refractivity (Wildman–Crippen MR) is 60.8 cm³/mol. The van der Waals surface area contributed by atoms with Crippen LogP contribution >= 0.6 is 0 Å². The van der Waals surface area contributed by atoms with E-state index in [1.807, 2.05) is 19.3 Å². The maximum atomic E-state index is 12.0. The summed E-state index contributed by atoms with van der Waals surface area (Å²) >= 11 is 0. The second-order valence-corrected chi connectivity index (χ2v) is 4.35. The van der Waals surface area contributed by atoms with E-state index in [9.17, 15) is 9.59 Å². The fourth-order valence-corrected chi connectivity index (χ4v) is 1.91. The quantitative estimate of drug-likeness (QED) is 0.763. The van der Waals surface area contributed by atoms with Crippen LogP contribution in [-0.2, 0) is 23.2 Å². The number of piperazine rings is 1. The molecule has 17 heavy (non-hydrogen) atoms. The molecule has 2 rings (SSSR count). The van der Waals surface area contributed by atoms with Crippen molar-refractivity contribution >= 4 is 11.8 Å². The summed E-state index contributed by atoms with van der Waals surface area (Å²) in [4.78, 5) is 25.2. The Morgan fingerprint density at radius 1 is 1.41 bits per heavy atom. The lowest BCUT2D eigenvalue weighted by molar-refractivity contribution is -0.148. The second-order valence-electron chi connectivity index (χ2n) is 4.35. The first kappa shape index (κ1) is 11.6. The van der Waals surface area contributed by atoms with Crippen LogP contribution in [0.15, 0.2) is 12.3 Å². The second kappa shape index (κ2) is 4.20. The van der Waals surface area contributed by atoms with Crippen molar-refractivity contribution in [3.8, 4) is 0 Å². The zero-order chi connectivity index (χ0) is 12.6. The van der Waals surface area contributed by atoms with Crippen molar-refractivity contribution in [2.75, 3.05) is 0 Å². The van der Waals surface area contributed by atoms with E-state index >= 15 is 0 Å². The van der Waals surface area contributed by atoms with E-state index in [1.165, 1.54) is 0 Å². The van der Waals surface area contributed by atoms with Crippen LogP contribution in [0, 0.1) is 0 Å². The highest BCUT2D eigenvalue weighted by Crippen LogP contribution is 2.13. The number of nitrogens with one attached hydrogen (secondary N) is 1. The van der Waals surface area contributed by atoms with E-state index in [0.717, 1.165) is 5.69 Å². The van der Waals surface area contributed by atoms with Crippen molar-refractivity contribution in [2.45, 2.75) is 32.5 Å². The number of rotatable bonds is 2. The monoisotopic (exact) mass is 236 g/mol. The summed E-state index contributed by atoms with van der Waals surface area (Å²) in [6.45, 7) is 3.79. The van der Waals surface area contributed by atoms with Gasteiger partial charge in [0.05, 0.1) is 12.2 Å². The summed E-state index contributed by atoms with van der Waals surface area (Å²) in [6.07, 6.45) is 1.82. The van der Waals surface area contributed by atoms with Crippen molar-refractivity contribution in [3.05, 3.63) is 18.0 Å². The molecule has 6 heteroatoms. The third kappa shape index (κ3) is 2.15. The van der Waals surface area contributed by atoms with Gasteiger partial charge in [-0.15, -0.1) is 0 Å². The number of carbonyl (C=O) groups excluding carboxylic acids is 2. The predicted octanol–water partition coefficient (Wildman–Crippen LogP) is -0.345. The molecule has 0 saturated carbocycles. The zero-order valence-electron chi connectivity index (χ0n) is 10.2. The minimum atomic E-state index is -0.456.